The van der Waals surface area contributed by atoms with Gasteiger partial charge in [0.05, 0.1) is 17.4 Å². The topological polar surface area (TPSA) is 84.9 Å². The molecule has 1 aromatic carbocycles. The third-order valence-corrected chi connectivity index (χ3v) is 6.48. The van der Waals surface area contributed by atoms with Crippen molar-refractivity contribution in [3.05, 3.63) is 82.5 Å². The number of ether oxygens (including phenoxy) is 2. The number of allylic oxidation sites excluding steroid dienone is 8. The lowest BCUT2D eigenvalue weighted by Crippen LogP contribution is -2.31. The first-order valence-corrected chi connectivity index (χ1v) is 12.1. The summed E-state index contributed by atoms with van der Waals surface area (Å²) >= 11 is 0. The van der Waals surface area contributed by atoms with Crippen molar-refractivity contribution in [3.63, 3.8) is 0 Å². The molecular weight excluding hydrogens is 499 g/mol. The van der Waals surface area contributed by atoms with Crippen molar-refractivity contribution in [2.24, 2.45) is 11.8 Å². The van der Waals surface area contributed by atoms with Crippen molar-refractivity contribution in [2.75, 3.05) is 12.4 Å². The number of methoxy groups -OCH3 is 1. The molecule has 0 heterocycles. The summed E-state index contributed by atoms with van der Waals surface area (Å²) in [5.74, 6) is -2.03. The van der Waals surface area contributed by atoms with Gasteiger partial charge in [-0.2, -0.15) is 0 Å². The number of nitrogens with one attached hydrogen (secondary N) is 1. The molecule has 0 radical (unpaired) electrons. The molecule has 9 heteroatoms. The first-order valence-electron chi connectivity index (χ1n) is 12.1. The molecule has 1 aliphatic carbocycles. The molecule has 1 aromatic rings. The van der Waals surface area contributed by atoms with E-state index in [1.807, 2.05) is 19.1 Å². The van der Waals surface area contributed by atoms with Gasteiger partial charge in [-0.3, -0.25) is 4.79 Å². The van der Waals surface area contributed by atoms with Crippen LogP contribution in [0.4, 0.5) is 18.9 Å². The van der Waals surface area contributed by atoms with Crippen LogP contribution in [0.3, 0.4) is 0 Å². The maximum absolute atomic E-state index is 12.4. The number of carbonyl (C=O) groups excluding carboxylic acids is 1. The standard InChI is InChI=1S/C29H34F3NO5/c1-17(10-12-23-19(3)15-26(37-6)21(5)20(23)4)8-7-9-18(2)14-27(34)33-25-13-11-22(38-29(30,31)32)16-24(25)28(35)36/h7-14,16,20-21,26H,15H2,1-6H3,(H,33,34)(H,35,36)/b9-7+,12-10+,17-8+,18-14+. The Bertz CT molecular complexity index is 1190. The molecule has 3 unspecified atom stereocenters. The Hall–Kier alpha value is -3.59. The summed E-state index contributed by atoms with van der Waals surface area (Å²) in [7, 11) is 1.75. The third-order valence-electron chi connectivity index (χ3n) is 6.48. The summed E-state index contributed by atoms with van der Waals surface area (Å²) in [4.78, 5) is 23.8. The van der Waals surface area contributed by atoms with Crippen LogP contribution in [0.25, 0.3) is 0 Å². The third kappa shape index (κ3) is 9.06. The van der Waals surface area contributed by atoms with Gasteiger partial charge in [-0.05, 0) is 68.4 Å². The Morgan fingerprint density at radius 2 is 1.82 bits per heavy atom. The minimum Gasteiger partial charge on any atom is -0.478 e. The second-order valence-corrected chi connectivity index (χ2v) is 9.40. The molecule has 0 fully saturated rings. The fourth-order valence-corrected chi connectivity index (χ4v) is 4.25. The average molecular weight is 534 g/mol. The lowest BCUT2D eigenvalue weighted by atomic mass is 9.75. The van der Waals surface area contributed by atoms with Gasteiger partial charge < -0.3 is 19.9 Å². The van der Waals surface area contributed by atoms with Gasteiger partial charge in [0.15, 0.2) is 0 Å². The quantitative estimate of drug-likeness (QED) is 0.258. The number of hydrogen-bond acceptors (Lipinski definition) is 4. The van der Waals surface area contributed by atoms with E-state index in [0.29, 0.717) is 23.5 Å². The zero-order chi connectivity index (χ0) is 28.6. The highest BCUT2D eigenvalue weighted by molar-refractivity contribution is 6.05. The van der Waals surface area contributed by atoms with Crippen LogP contribution in [0, 0.1) is 11.8 Å². The Morgan fingerprint density at radius 1 is 1.13 bits per heavy atom. The zero-order valence-corrected chi connectivity index (χ0v) is 22.3. The Kier molecular flexibility index (Phi) is 10.7. The number of carbonyl (C=O) groups is 2. The number of halogens is 3. The van der Waals surface area contributed by atoms with E-state index in [2.05, 4.69) is 36.9 Å². The fraction of sp³-hybridized carbons (Fsp3) is 0.379. The monoisotopic (exact) mass is 533 g/mol. The highest BCUT2D eigenvalue weighted by Gasteiger charge is 2.32. The normalized spacial score (nSPS) is 21.3. The Morgan fingerprint density at radius 3 is 2.42 bits per heavy atom. The van der Waals surface area contributed by atoms with E-state index in [1.54, 1.807) is 26.2 Å². The first-order chi connectivity index (χ1) is 17.7. The van der Waals surface area contributed by atoms with Crippen molar-refractivity contribution < 1.29 is 37.3 Å². The number of carboxylic acid groups (broad SMARTS) is 1. The molecule has 1 amide bonds. The number of rotatable bonds is 9. The number of hydrogen-bond donors (Lipinski definition) is 2. The van der Waals surface area contributed by atoms with Crippen LogP contribution in [0.1, 0.15) is 51.4 Å². The number of benzene rings is 1. The second kappa shape index (κ2) is 13.3. The molecule has 206 valence electrons. The van der Waals surface area contributed by atoms with Crippen LogP contribution < -0.4 is 10.1 Å². The highest BCUT2D eigenvalue weighted by atomic mass is 19.4. The molecule has 0 aromatic heterocycles. The van der Waals surface area contributed by atoms with Gasteiger partial charge in [0, 0.05) is 13.2 Å². The molecule has 0 saturated carbocycles. The van der Waals surface area contributed by atoms with Crippen molar-refractivity contribution in [1.82, 2.24) is 0 Å². The molecule has 6 nitrogen and oxygen atoms in total. The zero-order valence-electron chi connectivity index (χ0n) is 22.3. The van der Waals surface area contributed by atoms with Crippen molar-refractivity contribution in [3.8, 4) is 5.75 Å². The van der Waals surface area contributed by atoms with Gasteiger partial charge in [0.25, 0.3) is 0 Å². The van der Waals surface area contributed by atoms with Crippen molar-refractivity contribution in [2.45, 2.75) is 53.5 Å². The van der Waals surface area contributed by atoms with Gasteiger partial charge in [0.2, 0.25) is 5.91 Å². The predicted octanol–water partition coefficient (Wildman–Crippen LogP) is 7.23. The van der Waals surface area contributed by atoms with E-state index in [0.717, 1.165) is 24.1 Å². The molecule has 2 rings (SSSR count). The van der Waals surface area contributed by atoms with E-state index in [-0.39, 0.29) is 11.8 Å². The van der Waals surface area contributed by atoms with Crippen LogP contribution in [-0.4, -0.2) is 36.6 Å². The van der Waals surface area contributed by atoms with Crippen molar-refractivity contribution in [1.29, 1.82) is 0 Å². The molecule has 0 aliphatic heterocycles. The molecule has 0 bridgehead atoms. The van der Waals surface area contributed by atoms with Crippen LogP contribution in [0.2, 0.25) is 0 Å². The number of amides is 1. The second-order valence-electron chi connectivity index (χ2n) is 9.40. The summed E-state index contributed by atoms with van der Waals surface area (Å²) in [6, 6.07) is 2.67. The fourth-order valence-electron chi connectivity index (χ4n) is 4.25. The summed E-state index contributed by atoms with van der Waals surface area (Å²) in [5.41, 5.74) is 3.55. The van der Waals surface area contributed by atoms with Gasteiger partial charge in [0.1, 0.15) is 5.75 Å². The van der Waals surface area contributed by atoms with Crippen LogP contribution in [0.5, 0.6) is 5.75 Å². The van der Waals surface area contributed by atoms with Crippen LogP contribution in [-0.2, 0) is 9.53 Å². The molecule has 38 heavy (non-hydrogen) atoms. The highest BCUT2D eigenvalue weighted by Crippen LogP contribution is 2.36. The molecular formula is C29H34F3NO5. The summed E-state index contributed by atoms with van der Waals surface area (Å²) in [6.45, 7) is 10.2. The predicted molar refractivity (Wildman–Crippen MR) is 141 cm³/mol. The lowest BCUT2D eigenvalue weighted by Gasteiger charge is -2.35. The molecule has 0 saturated heterocycles. The van der Waals surface area contributed by atoms with E-state index in [1.165, 1.54) is 17.2 Å². The van der Waals surface area contributed by atoms with E-state index >= 15 is 0 Å². The Balaban J connectivity index is 2.06. The molecule has 0 spiro atoms. The number of alkyl halides is 3. The van der Waals surface area contributed by atoms with E-state index < -0.39 is 29.6 Å². The first kappa shape index (κ1) is 30.6. The van der Waals surface area contributed by atoms with E-state index in [9.17, 15) is 27.9 Å². The largest absolute Gasteiger partial charge is 0.573 e. The number of aromatic carboxylic acids is 1. The van der Waals surface area contributed by atoms with Gasteiger partial charge in [-0.25, -0.2) is 4.79 Å². The SMILES string of the molecule is COC1CC(C)=C(/C=C/C(C)=C/C=C/C(C)=C/C(=O)Nc2ccc(OC(F)(F)F)cc2C(=O)O)C(C)C1C. The van der Waals surface area contributed by atoms with Gasteiger partial charge >= 0.3 is 12.3 Å². The average Bonchev–Trinajstić information content (AvgIpc) is 2.81. The maximum Gasteiger partial charge on any atom is 0.573 e. The molecule has 2 N–H and O–H groups in total. The summed E-state index contributed by atoms with van der Waals surface area (Å²) in [5, 5.41) is 11.7. The molecule has 3 atom stereocenters. The number of anilines is 1. The summed E-state index contributed by atoms with van der Waals surface area (Å²) in [6.07, 6.45) is 7.03. The van der Waals surface area contributed by atoms with Gasteiger partial charge in [-0.15, -0.1) is 13.2 Å². The van der Waals surface area contributed by atoms with Crippen molar-refractivity contribution >= 4 is 17.6 Å². The van der Waals surface area contributed by atoms with Crippen LogP contribution >= 0.6 is 0 Å². The smallest absolute Gasteiger partial charge is 0.478 e. The minimum absolute atomic E-state index is 0.154. The van der Waals surface area contributed by atoms with E-state index in [4.69, 9.17) is 4.74 Å². The van der Waals surface area contributed by atoms with Crippen LogP contribution in [0.15, 0.2) is 76.9 Å². The molecule has 1 aliphatic rings. The number of carboxylic acids is 1. The maximum atomic E-state index is 12.4. The minimum atomic E-state index is -4.97. The summed E-state index contributed by atoms with van der Waals surface area (Å²) < 4.78 is 46.6. The Labute approximate surface area is 221 Å². The lowest BCUT2D eigenvalue weighted by molar-refractivity contribution is -0.274. The van der Waals surface area contributed by atoms with Gasteiger partial charge in [-0.1, -0.05) is 55.4 Å².